The molecule has 0 saturated carbocycles. The Morgan fingerprint density at radius 3 is 2.88 bits per heavy atom. The highest BCUT2D eigenvalue weighted by Crippen LogP contribution is 2.31. The fraction of sp³-hybridized carbons (Fsp3) is 0.417. The second-order valence-electron chi connectivity index (χ2n) is 4.29. The maximum atomic E-state index is 6.32. The number of nitrogens with zero attached hydrogens (tertiary/aromatic N) is 2. The first-order chi connectivity index (χ1) is 7.84. The molecule has 0 amide bonds. The normalized spacial score (nSPS) is 17.0. The number of aromatic nitrogens is 2. The van der Waals surface area contributed by atoms with Gasteiger partial charge in [-0.1, -0.05) is 11.6 Å². The fourth-order valence-electron chi connectivity index (χ4n) is 2.39. The Bertz CT molecular complexity index is 503. The number of piperidine rings is 1. The zero-order valence-corrected chi connectivity index (χ0v) is 11.0. The van der Waals surface area contributed by atoms with Crippen LogP contribution in [0.5, 0.6) is 0 Å². The summed E-state index contributed by atoms with van der Waals surface area (Å²) < 4.78 is 2.04. The van der Waals surface area contributed by atoms with Crippen molar-refractivity contribution >= 4 is 29.7 Å². The van der Waals surface area contributed by atoms with Crippen LogP contribution in [0.1, 0.15) is 24.3 Å². The monoisotopic (exact) mass is 271 g/mol. The van der Waals surface area contributed by atoms with Crippen LogP contribution >= 0.6 is 24.0 Å². The Hall–Kier alpha value is -0.770. The zero-order chi connectivity index (χ0) is 11.0. The van der Waals surface area contributed by atoms with Gasteiger partial charge in [0.05, 0.1) is 0 Å². The molecule has 0 bridgehead atoms. The molecule has 0 radical (unpaired) electrons. The maximum Gasteiger partial charge on any atom is 0.138 e. The summed E-state index contributed by atoms with van der Waals surface area (Å²) in [6.07, 6.45) is 8.23. The van der Waals surface area contributed by atoms with E-state index >= 15 is 0 Å². The summed E-state index contributed by atoms with van der Waals surface area (Å²) in [5.74, 6) is 0.584. The van der Waals surface area contributed by atoms with E-state index in [9.17, 15) is 0 Å². The molecule has 3 rings (SSSR count). The molecule has 0 aromatic carbocycles. The first-order valence-corrected chi connectivity index (χ1v) is 6.05. The Morgan fingerprint density at radius 1 is 1.35 bits per heavy atom. The molecule has 2 aromatic rings. The van der Waals surface area contributed by atoms with E-state index in [0.29, 0.717) is 5.92 Å². The van der Waals surface area contributed by atoms with Crippen molar-refractivity contribution in [2.75, 3.05) is 13.1 Å². The van der Waals surface area contributed by atoms with Crippen molar-refractivity contribution in [3.8, 4) is 0 Å². The van der Waals surface area contributed by atoms with Gasteiger partial charge < -0.3 is 9.72 Å². The molecule has 0 aliphatic carbocycles. The smallest absolute Gasteiger partial charge is 0.138 e. The number of hydrogen-bond acceptors (Lipinski definition) is 2. The number of imidazole rings is 1. The maximum absolute atomic E-state index is 6.32. The van der Waals surface area contributed by atoms with Crippen LogP contribution in [0.4, 0.5) is 0 Å². The van der Waals surface area contributed by atoms with Crippen molar-refractivity contribution in [2.45, 2.75) is 18.8 Å². The van der Waals surface area contributed by atoms with Crippen LogP contribution < -0.4 is 5.32 Å². The molecule has 0 atom stereocenters. The summed E-state index contributed by atoms with van der Waals surface area (Å²) in [6, 6.07) is 1.96. The van der Waals surface area contributed by atoms with Crippen molar-refractivity contribution in [3.05, 3.63) is 35.2 Å². The lowest BCUT2D eigenvalue weighted by molar-refractivity contribution is 0.459. The molecule has 1 N–H and O–H groups in total. The first kappa shape index (κ1) is 12.7. The third-order valence-electron chi connectivity index (χ3n) is 3.29. The van der Waals surface area contributed by atoms with Gasteiger partial charge in [-0.25, -0.2) is 4.98 Å². The Labute approximate surface area is 112 Å². The predicted octanol–water partition coefficient (Wildman–Crippen LogP) is 2.88. The van der Waals surface area contributed by atoms with Gasteiger partial charge in [-0.3, -0.25) is 0 Å². The number of nitrogens with one attached hydrogen (secondary N) is 1. The summed E-state index contributed by atoms with van der Waals surface area (Å²) in [7, 11) is 0. The van der Waals surface area contributed by atoms with Gasteiger partial charge in [0.1, 0.15) is 5.65 Å². The quantitative estimate of drug-likeness (QED) is 0.865. The molecule has 1 saturated heterocycles. The van der Waals surface area contributed by atoms with Crippen LogP contribution in [0.2, 0.25) is 5.02 Å². The Balaban J connectivity index is 0.00000108. The second-order valence-corrected chi connectivity index (χ2v) is 4.70. The van der Waals surface area contributed by atoms with Crippen molar-refractivity contribution in [3.63, 3.8) is 0 Å². The number of hydrogen-bond donors (Lipinski definition) is 1. The number of halogens is 2. The fourth-order valence-corrected chi connectivity index (χ4v) is 2.69. The van der Waals surface area contributed by atoms with Crippen LogP contribution in [-0.2, 0) is 0 Å². The SMILES string of the molecule is Cl.Clc1cc2nccn2cc1C1CCNCC1. The summed E-state index contributed by atoms with van der Waals surface area (Å²) >= 11 is 6.32. The van der Waals surface area contributed by atoms with Gasteiger partial charge in [0, 0.05) is 29.7 Å². The molecule has 2 aromatic heterocycles. The van der Waals surface area contributed by atoms with Crippen molar-refractivity contribution in [1.29, 1.82) is 0 Å². The minimum Gasteiger partial charge on any atom is -0.317 e. The molecule has 17 heavy (non-hydrogen) atoms. The molecular weight excluding hydrogens is 257 g/mol. The lowest BCUT2D eigenvalue weighted by Crippen LogP contribution is -2.26. The van der Waals surface area contributed by atoms with E-state index in [2.05, 4.69) is 16.5 Å². The Morgan fingerprint density at radius 2 is 2.12 bits per heavy atom. The number of rotatable bonds is 1. The zero-order valence-electron chi connectivity index (χ0n) is 9.40. The van der Waals surface area contributed by atoms with E-state index in [-0.39, 0.29) is 12.4 Å². The lowest BCUT2D eigenvalue weighted by Gasteiger charge is -2.23. The molecule has 3 heterocycles. The molecule has 5 heteroatoms. The van der Waals surface area contributed by atoms with E-state index in [0.717, 1.165) is 23.8 Å². The van der Waals surface area contributed by atoms with Gasteiger partial charge in [-0.15, -0.1) is 12.4 Å². The van der Waals surface area contributed by atoms with Crippen LogP contribution in [0.25, 0.3) is 5.65 Å². The molecule has 3 nitrogen and oxygen atoms in total. The lowest BCUT2D eigenvalue weighted by atomic mass is 9.91. The number of pyridine rings is 1. The topological polar surface area (TPSA) is 29.3 Å². The average Bonchev–Trinajstić information content (AvgIpc) is 2.76. The average molecular weight is 272 g/mol. The minimum absolute atomic E-state index is 0. The summed E-state index contributed by atoms with van der Waals surface area (Å²) in [4.78, 5) is 4.23. The third kappa shape index (κ3) is 2.41. The summed E-state index contributed by atoms with van der Waals surface area (Å²) in [5, 5.41) is 4.23. The molecule has 1 fully saturated rings. The summed E-state index contributed by atoms with van der Waals surface area (Å²) in [6.45, 7) is 2.17. The van der Waals surface area contributed by atoms with Gasteiger partial charge in [-0.05, 0) is 37.4 Å². The van der Waals surface area contributed by atoms with E-state index in [1.807, 2.05) is 16.7 Å². The highest BCUT2D eigenvalue weighted by molar-refractivity contribution is 6.31. The largest absolute Gasteiger partial charge is 0.317 e. The van der Waals surface area contributed by atoms with Gasteiger partial charge in [0.25, 0.3) is 0 Å². The van der Waals surface area contributed by atoms with Gasteiger partial charge in [0.2, 0.25) is 0 Å². The van der Waals surface area contributed by atoms with Crippen LogP contribution in [0.15, 0.2) is 24.7 Å². The third-order valence-corrected chi connectivity index (χ3v) is 3.61. The van der Waals surface area contributed by atoms with E-state index in [4.69, 9.17) is 11.6 Å². The Kier molecular flexibility index (Phi) is 3.92. The molecule has 0 spiro atoms. The van der Waals surface area contributed by atoms with Crippen LogP contribution in [-0.4, -0.2) is 22.5 Å². The predicted molar refractivity (Wildman–Crippen MR) is 72.3 cm³/mol. The van der Waals surface area contributed by atoms with Crippen LogP contribution in [0, 0.1) is 0 Å². The molecule has 1 aliphatic heterocycles. The highest BCUT2D eigenvalue weighted by atomic mass is 35.5. The van der Waals surface area contributed by atoms with Gasteiger partial charge in [-0.2, -0.15) is 0 Å². The molecule has 0 unspecified atom stereocenters. The molecule has 1 aliphatic rings. The first-order valence-electron chi connectivity index (χ1n) is 5.67. The van der Waals surface area contributed by atoms with Crippen molar-refractivity contribution < 1.29 is 0 Å². The van der Waals surface area contributed by atoms with Crippen molar-refractivity contribution in [2.24, 2.45) is 0 Å². The van der Waals surface area contributed by atoms with Gasteiger partial charge >= 0.3 is 0 Å². The van der Waals surface area contributed by atoms with Crippen molar-refractivity contribution in [1.82, 2.24) is 14.7 Å². The van der Waals surface area contributed by atoms with E-state index in [1.54, 1.807) is 6.20 Å². The van der Waals surface area contributed by atoms with Crippen LogP contribution in [0.3, 0.4) is 0 Å². The van der Waals surface area contributed by atoms with E-state index < -0.39 is 0 Å². The van der Waals surface area contributed by atoms with E-state index in [1.165, 1.54) is 18.4 Å². The minimum atomic E-state index is 0. The molecule has 92 valence electrons. The second kappa shape index (κ2) is 5.25. The molecular formula is C12H15Cl2N3. The summed E-state index contributed by atoms with van der Waals surface area (Å²) in [5.41, 5.74) is 2.18. The number of fused-ring (bicyclic) bond motifs is 1. The van der Waals surface area contributed by atoms with Gasteiger partial charge in [0.15, 0.2) is 0 Å². The standard InChI is InChI=1S/C12H14ClN3.ClH/c13-11-7-12-15-5-6-16(12)8-10(11)9-1-3-14-4-2-9;/h5-9,14H,1-4H2;1H. The highest BCUT2D eigenvalue weighted by Gasteiger charge is 2.18.